The zero-order valence-corrected chi connectivity index (χ0v) is 15.1. The van der Waals surface area contributed by atoms with Crippen LogP contribution in [0.15, 0.2) is 42.5 Å². The second-order valence-corrected chi connectivity index (χ2v) is 6.33. The van der Waals surface area contributed by atoms with E-state index in [1.165, 1.54) is 24.3 Å². The van der Waals surface area contributed by atoms with Gasteiger partial charge in [0.2, 0.25) is 5.91 Å². The van der Waals surface area contributed by atoms with Gasteiger partial charge in [-0.05, 0) is 43.2 Å². The van der Waals surface area contributed by atoms with Crippen molar-refractivity contribution in [2.45, 2.75) is 19.8 Å². The molecule has 3 amide bonds. The smallest absolute Gasteiger partial charge is 0.314 e. The third kappa shape index (κ3) is 3.98. The van der Waals surface area contributed by atoms with Gasteiger partial charge in [-0.2, -0.15) is 0 Å². The molecule has 0 bridgehead atoms. The van der Waals surface area contributed by atoms with E-state index in [1.807, 2.05) is 6.92 Å². The molecule has 28 heavy (non-hydrogen) atoms. The average molecular weight is 382 g/mol. The molecular weight excluding hydrogens is 364 g/mol. The van der Waals surface area contributed by atoms with Gasteiger partial charge in [0.25, 0.3) is 5.69 Å². The van der Waals surface area contributed by atoms with E-state index in [0.717, 1.165) is 17.7 Å². The molecule has 0 spiro atoms. The fraction of sp³-hybridized carbons (Fsp3) is 0.211. The first-order valence-electron chi connectivity index (χ1n) is 8.63. The molecule has 0 radical (unpaired) electrons. The molecule has 2 N–H and O–H groups in total. The molecular formula is C19H18N4O5. The van der Waals surface area contributed by atoms with Crippen LogP contribution in [-0.4, -0.2) is 29.2 Å². The Morgan fingerprint density at radius 1 is 1.11 bits per heavy atom. The Morgan fingerprint density at radius 3 is 2.46 bits per heavy atom. The van der Waals surface area contributed by atoms with Crippen LogP contribution in [0.2, 0.25) is 0 Å². The van der Waals surface area contributed by atoms with E-state index in [2.05, 4.69) is 10.6 Å². The first-order valence-corrected chi connectivity index (χ1v) is 8.63. The molecule has 1 fully saturated rings. The molecule has 1 aliphatic rings. The summed E-state index contributed by atoms with van der Waals surface area (Å²) in [5.41, 5.74) is 1.57. The first-order chi connectivity index (χ1) is 13.4. The van der Waals surface area contributed by atoms with Crippen molar-refractivity contribution in [3.63, 3.8) is 0 Å². The molecule has 2 aromatic rings. The largest absolute Gasteiger partial charge is 0.318 e. The number of carbonyl (C=O) groups excluding carboxylic acids is 3. The van der Waals surface area contributed by atoms with Crippen molar-refractivity contribution in [1.29, 1.82) is 0 Å². The van der Waals surface area contributed by atoms with Crippen LogP contribution in [0.4, 0.5) is 22.7 Å². The quantitative estimate of drug-likeness (QED) is 0.478. The minimum Gasteiger partial charge on any atom is -0.318 e. The summed E-state index contributed by atoms with van der Waals surface area (Å²) in [5.74, 6) is -1.92. The summed E-state index contributed by atoms with van der Waals surface area (Å²) in [7, 11) is 0. The molecule has 0 aliphatic carbocycles. The van der Waals surface area contributed by atoms with Gasteiger partial charge in [-0.1, -0.05) is 12.1 Å². The summed E-state index contributed by atoms with van der Waals surface area (Å²) in [6, 6.07) is 10.5. The van der Waals surface area contributed by atoms with E-state index < -0.39 is 16.7 Å². The Morgan fingerprint density at radius 2 is 1.82 bits per heavy atom. The number of nitro benzene ring substituents is 1. The maximum Gasteiger partial charge on any atom is 0.314 e. The molecule has 9 heteroatoms. The molecule has 2 aromatic carbocycles. The first kappa shape index (κ1) is 19.0. The van der Waals surface area contributed by atoms with E-state index in [0.29, 0.717) is 18.7 Å². The minimum absolute atomic E-state index is 0.0590. The van der Waals surface area contributed by atoms with Crippen LogP contribution in [0.1, 0.15) is 18.4 Å². The van der Waals surface area contributed by atoms with Gasteiger partial charge in [-0.25, -0.2) is 0 Å². The third-order valence-corrected chi connectivity index (χ3v) is 4.37. The number of anilines is 3. The summed E-state index contributed by atoms with van der Waals surface area (Å²) >= 11 is 0. The number of aryl methyl sites for hydroxylation is 1. The van der Waals surface area contributed by atoms with E-state index in [-0.39, 0.29) is 17.3 Å². The fourth-order valence-electron chi connectivity index (χ4n) is 3.04. The van der Waals surface area contributed by atoms with Crippen molar-refractivity contribution in [2.24, 2.45) is 0 Å². The van der Waals surface area contributed by atoms with Gasteiger partial charge in [0.05, 0.1) is 4.92 Å². The molecule has 0 unspecified atom stereocenters. The summed E-state index contributed by atoms with van der Waals surface area (Å²) in [6.45, 7) is 2.47. The Balaban J connectivity index is 1.69. The third-order valence-electron chi connectivity index (χ3n) is 4.37. The van der Waals surface area contributed by atoms with Crippen molar-refractivity contribution in [3.8, 4) is 0 Å². The average Bonchev–Trinajstić information content (AvgIpc) is 3.07. The van der Waals surface area contributed by atoms with Gasteiger partial charge in [-0.3, -0.25) is 24.5 Å². The molecule has 1 heterocycles. The molecule has 144 valence electrons. The van der Waals surface area contributed by atoms with Crippen LogP contribution >= 0.6 is 0 Å². The second kappa shape index (κ2) is 7.87. The maximum atomic E-state index is 12.1. The number of amides is 3. The van der Waals surface area contributed by atoms with Crippen LogP contribution in [0.5, 0.6) is 0 Å². The standard InChI is InChI=1S/C19H18N4O5/c1-12-11-13(8-9-15(12)22-10-4-7-17(22)24)20-18(25)19(26)21-14-5-2-3-6-16(14)23(27)28/h2-3,5-6,8-9,11H,4,7,10H2,1H3,(H,20,25)(H,21,26). The van der Waals surface area contributed by atoms with Crippen molar-refractivity contribution in [1.82, 2.24) is 0 Å². The predicted molar refractivity (Wildman–Crippen MR) is 103 cm³/mol. The summed E-state index contributed by atoms with van der Waals surface area (Å²) < 4.78 is 0. The highest BCUT2D eigenvalue weighted by atomic mass is 16.6. The number of benzene rings is 2. The van der Waals surface area contributed by atoms with E-state index in [4.69, 9.17) is 0 Å². The molecule has 3 rings (SSSR count). The highest BCUT2D eigenvalue weighted by Gasteiger charge is 2.24. The summed E-state index contributed by atoms with van der Waals surface area (Å²) in [4.78, 5) is 48.2. The highest BCUT2D eigenvalue weighted by Crippen LogP contribution is 2.27. The van der Waals surface area contributed by atoms with Crippen LogP contribution in [0.3, 0.4) is 0 Å². The number of hydrogen-bond donors (Lipinski definition) is 2. The van der Waals surface area contributed by atoms with E-state index in [9.17, 15) is 24.5 Å². The predicted octanol–water partition coefficient (Wildman–Crippen LogP) is 2.61. The number of rotatable bonds is 4. The number of carbonyl (C=O) groups is 3. The fourth-order valence-corrected chi connectivity index (χ4v) is 3.04. The number of nitrogens with one attached hydrogen (secondary N) is 2. The number of nitro groups is 1. The zero-order chi connectivity index (χ0) is 20.3. The van der Waals surface area contributed by atoms with E-state index >= 15 is 0 Å². The zero-order valence-electron chi connectivity index (χ0n) is 15.1. The van der Waals surface area contributed by atoms with Crippen molar-refractivity contribution >= 4 is 40.5 Å². The normalized spacial score (nSPS) is 13.3. The lowest BCUT2D eigenvalue weighted by Gasteiger charge is -2.19. The Labute approximate surface area is 160 Å². The van der Waals surface area contributed by atoms with Gasteiger partial charge in [0.15, 0.2) is 0 Å². The lowest BCUT2D eigenvalue weighted by Crippen LogP contribution is -2.29. The maximum absolute atomic E-state index is 12.1. The molecule has 1 saturated heterocycles. The SMILES string of the molecule is Cc1cc(NC(=O)C(=O)Nc2ccccc2[N+](=O)[O-])ccc1N1CCCC1=O. The van der Waals surface area contributed by atoms with Crippen molar-refractivity contribution < 1.29 is 19.3 Å². The lowest BCUT2D eigenvalue weighted by molar-refractivity contribution is -0.383. The van der Waals surface area contributed by atoms with Crippen LogP contribution in [0, 0.1) is 17.0 Å². The molecule has 1 aliphatic heterocycles. The van der Waals surface area contributed by atoms with Gasteiger partial charge in [-0.15, -0.1) is 0 Å². The highest BCUT2D eigenvalue weighted by molar-refractivity contribution is 6.43. The monoisotopic (exact) mass is 382 g/mol. The van der Waals surface area contributed by atoms with Crippen LogP contribution in [-0.2, 0) is 14.4 Å². The summed E-state index contributed by atoms with van der Waals surface area (Å²) in [5, 5.41) is 15.7. The van der Waals surface area contributed by atoms with Crippen LogP contribution in [0.25, 0.3) is 0 Å². The Hall–Kier alpha value is -3.75. The number of nitrogens with zero attached hydrogens (tertiary/aromatic N) is 2. The Bertz CT molecular complexity index is 973. The Kier molecular flexibility index (Phi) is 5.35. The molecule has 0 saturated carbocycles. The van der Waals surface area contributed by atoms with Gasteiger partial charge < -0.3 is 15.5 Å². The van der Waals surface area contributed by atoms with Gasteiger partial charge >= 0.3 is 11.8 Å². The van der Waals surface area contributed by atoms with E-state index in [1.54, 1.807) is 23.1 Å². The minimum atomic E-state index is -1.02. The number of hydrogen-bond acceptors (Lipinski definition) is 5. The molecule has 0 atom stereocenters. The summed E-state index contributed by atoms with van der Waals surface area (Å²) in [6.07, 6.45) is 1.33. The van der Waals surface area contributed by atoms with Crippen LogP contribution < -0.4 is 15.5 Å². The second-order valence-electron chi connectivity index (χ2n) is 6.33. The number of para-hydroxylation sites is 2. The lowest BCUT2D eigenvalue weighted by atomic mass is 10.1. The molecule has 0 aromatic heterocycles. The van der Waals surface area contributed by atoms with Gasteiger partial charge in [0, 0.05) is 30.4 Å². The van der Waals surface area contributed by atoms with Gasteiger partial charge in [0.1, 0.15) is 5.69 Å². The van der Waals surface area contributed by atoms with Crippen molar-refractivity contribution in [3.05, 3.63) is 58.1 Å². The topological polar surface area (TPSA) is 122 Å². The van der Waals surface area contributed by atoms with Crippen molar-refractivity contribution in [2.75, 3.05) is 22.1 Å². The molecule has 9 nitrogen and oxygen atoms in total.